The monoisotopic (exact) mass is 235 g/mol. The molecule has 0 amide bonds. The Balaban J connectivity index is 3.18. The van der Waals surface area contributed by atoms with Crippen molar-refractivity contribution in [2.75, 3.05) is 5.73 Å². The fraction of sp³-hybridized carbons (Fsp3) is 0.250. The molecule has 5 nitrogen and oxygen atoms in total. The third-order valence-corrected chi connectivity index (χ3v) is 1.65. The van der Waals surface area contributed by atoms with Gasteiger partial charge in [-0.1, -0.05) is 0 Å². The van der Waals surface area contributed by atoms with Crippen LogP contribution >= 0.6 is 0 Å². The Labute approximate surface area is 88.2 Å². The molecule has 0 aliphatic carbocycles. The first kappa shape index (κ1) is 12.2. The average Bonchev–Trinajstić information content (AvgIpc) is 2.16. The molecule has 0 aliphatic rings. The van der Waals surface area contributed by atoms with Crippen LogP contribution in [0.25, 0.3) is 0 Å². The number of carbonyl (C=O) groups is 1. The van der Waals surface area contributed by atoms with Crippen molar-refractivity contribution in [2.45, 2.75) is 12.9 Å². The van der Waals surface area contributed by atoms with Crippen molar-refractivity contribution in [3.8, 4) is 5.75 Å². The van der Waals surface area contributed by atoms with E-state index in [1.807, 2.05) is 0 Å². The van der Waals surface area contributed by atoms with Gasteiger partial charge in [0, 0.05) is 12.6 Å². The Hall–Kier alpha value is -1.83. The summed E-state index contributed by atoms with van der Waals surface area (Å²) in [5.74, 6) is -0.599. The van der Waals surface area contributed by atoms with E-state index in [9.17, 15) is 18.0 Å². The molecule has 0 aromatic carbocycles. The standard InChI is InChI=1S/C8H8F3N3O2/c9-8(10,11)16-7-1-4(13)6(3-15)14-5(7)2-12/h1,3H,2,12-13H2. The SMILES string of the molecule is NCc1nc(C=O)c(N)cc1OC(F)(F)F. The van der Waals surface area contributed by atoms with Crippen LogP contribution in [-0.2, 0) is 6.54 Å². The number of carbonyl (C=O) groups excluding carboxylic acids is 1. The number of aromatic nitrogens is 1. The smallest absolute Gasteiger partial charge is 0.404 e. The van der Waals surface area contributed by atoms with Gasteiger partial charge in [-0.05, 0) is 0 Å². The van der Waals surface area contributed by atoms with Gasteiger partial charge in [-0.25, -0.2) is 4.98 Å². The van der Waals surface area contributed by atoms with E-state index in [1.54, 1.807) is 0 Å². The summed E-state index contributed by atoms with van der Waals surface area (Å²) in [6.07, 6.45) is -4.54. The van der Waals surface area contributed by atoms with E-state index in [0.717, 1.165) is 6.07 Å². The second-order valence-electron chi connectivity index (χ2n) is 2.78. The Morgan fingerprint density at radius 1 is 1.50 bits per heavy atom. The third-order valence-electron chi connectivity index (χ3n) is 1.65. The fourth-order valence-corrected chi connectivity index (χ4v) is 1.02. The van der Waals surface area contributed by atoms with E-state index >= 15 is 0 Å². The lowest BCUT2D eigenvalue weighted by atomic mass is 10.2. The van der Waals surface area contributed by atoms with Gasteiger partial charge in [-0.15, -0.1) is 13.2 Å². The minimum absolute atomic E-state index is 0.171. The number of halogens is 3. The Morgan fingerprint density at radius 3 is 2.56 bits per heavy atom. The summed E-state index contributed by atoms with van der Waals surface area (Å²) < 4.78 is 39.6. The van der Waals surface area contributed by atoms with Crippen LogP contribution in [0, 0.1) is 0 Å². The van der Waals surface area contributed by atoms with Crippen LogP contribution in [0.3, 0.4) is 0 Å². The predicted molar refractivity (Wildman–Crippen MR) is 48.6 cm³/mol. The largest absolute Gasteiger partial charge is 0.573 e. The van der Waals surface area contributed by atoms with Crippen molar-refractivity contribution < 1.29 is 22.7 Å². The molecule has 16 heavy (non-hydrogen) atoms. The average molecular weight is 235 g/mol. The molecular weight excluding hydrogens is 227 g/mol. The van der Waals surface area contributed by atoms with Gasteiger partial charge in [0.1, 0.15) is 5.69 Å². The Morgan fingerprint density at radius 2 is 2.12 bits per heavy atom. The molecule has 0 aliphatic heterocycles. The number of nitrogens with two attached hydrogens (primary N) is 2. The maximum Gasteiger partial charge on any atom is 0.573 e. The van der Waals surface area contributed by atoms with Crippen molar-refractivity contribution in [2.24, 2.45) is 5.73 Å². The van der Waals surface area contributed by atoms with Crippen molar-refractivity contribution in [1.29, 1.82) is 0 Å². The van der Waals surface area contributed by atoms with Gasteiger partial charge in [0.15, 0.2) is 12.0 Å². The third kappa shape index (κ3) is 2.83. The van der Waals surface area contributed by atoms with Crippen LogP contribution in [0.5, 0.6) is 5.75 Å². The zero-order valence-electron chi connectivity index (χ0n) is 7.91. The molecule has 0 radical (unpaired) electrons. The van der Waals surface area contributed by atoms with E-state index < -0.39 is 12.1 Å². The normalized spacial score (nSPS) is 11.2. The van der Waals surface area contributed by atoms with Crippen LogP contribution in [0.2, 0.25) is 0 Å². The van der Waals surface area contributed by atoms with Gasteiger partial charge >= 0.3 is 6.36 Å². The van der Waals surface area contributed by atoms with Crippen LogP contribution in [-0.4, -0.2) is 17.6 Å². The van der Waals surface area contributed by atoms with E-state index in [-0.39, 0.29) is 23.6 Å². The molecule has 0 atom stereocenters. The molecule has 0 saturated carbocycles. The first-order chi connectivity index (χ1) is 7.37. The molecule has 1 aromatic rings. The number of ether oxygens (including phenoxy) is 1. The number of aldehydes is 1. The minimum Gasteiger partial charge on any atom is -0.404 e. The summed E-state index contributed by atoms with van der Waals surface area (Å²) in [6.45, 7) is -0.299. The maximum absolute atomic E-state index is 12.0. The molecule has 8 heteroatoms. The maximum atomic E-state index is 12.0. The molecule has 88 valence electrons. The lowest BCUT2D eigenvalue weighted by Gasteiger charge is -2.12. The molecule has 1 aromatic heterocycles. The van der Waals surface area contributed by atoms with Crippen molar-refractivity contribution >= 4 is 12.0 Å². The van der Waals surface area contributed by atoms with Crippen molar-refractivity contribution in [3.05, 3.63) is 17.5 Å². The first-order valence-corrected chi connectivity index (χ1v) is 4.07. The van der Waals surface area contributed by atoms with Crippen LogP contribution in [0.4, 0.5) is 18.9 Å². The number of anilines is 1. The van der Waals surface area contributed by atoms with E-state index in [1.165, 1.54) is 0 Å². The molecule has 0 unspecified atom stereocenters. The summed E-state index contributed by atoms with van der Waals surface area (Å²) >= 11 is 0. The van der Waals surface area contributed by atoms with E-state index in [0.29, 0.717) is 6.29 Å². The summed E-state index contributed by atoms with van der Waals surface area (Å²) in [5.41, 5.74) is 9.91. The number of hydrogen-bond acceptors (Lipinski definition) is 5. The molecule has 0 spiro atoms. The van der Waals surface area contributed by atoms with Gasteiger partial charge in [-0.2, -0.15) is 0 Å². The fourth-order valence-electron chi connectivity index (χ4n) is 1.02. The highest BCUT2D eigenvalue weighted by Gasteiger charge is 2.32. The second-order valence-corrected chi connectivity index (χ2v) is 2.78. The number of hydrogen-bond donors (Lipinski definition) is 2. The lowest BCUT2D eigenvalue weighted by Crippen LogP contribution is -2.20. The minimum atomic E-state index is -4.86. The van der Waals surface area contributed by atoms with Crippen LogP contribution < -0.4 is 16.2 Å². The molecule has 4 N–H and O–H groups in total. The number of alkyl halides is 3. The van der Waals surface area contributed by atoms with Crippen LogP contribution in [0.1, 0.15) is 16.2 Å². The molecule has 1 heterocycles. The zero-order chi connectivity index (χ0) is 12.3. The van der Waals surface area contributed by atoms with Crippen molar-refractivity contribution in [3.63, 3.8) is 0 Å². The highest BCUT2D eigenvalue weighted by Crippen LogP contribution is 2.27. The highest BCUT2D eigenvalue weighted by molar-refractivity contribution is 5.81. The summed E-state index contributed by atoms with van der Waals surface area (Å²) in [5, 5.41) is 0. The second kappa shape index (κ2) is 4.35. The van der Waals surface area contributed by atoms with Crippen molar-refractivity contribution in [1.82, 2.24) is 4.98 Å². The quantitative estimate of drug-likeness (QED) is 0.757. The molecule has 0 saturated heterocycles. The Bertz CT molecular complexity index is 406. The van der Waals surface area contributed by atoms with E-state index in [4.69, 9.17) is 11.5 Å². The molecular formula is C8H8F3N3O2. The Kier molecular flexibility index (Phi) is 3.33. The summed E-state index contributed by atoms with van der Waals surface area (Å²) in [6, 6.07) is 0.867. The van der Waals surface area contributed by atoms with Gasteiger partial charge in [-0.3, -0.25) is 4.79 Å². The topological polar surface area (TPSA) is 91.2 Å². The molecule has 0 fully saturated rings. The molecule has 1 rings (SSSR count). The predicted octanol–water partition coefficient (Wildman–Crippen LogP) is 0.834. The van der Waals surface area contributed by atoms with Gasteiger partial charge in [0.2, 0.25) is 0 Å². The van der Waals surface area contributed by atoms with Gasteiger partial charge in [0.05, 0.1) is 11.4 Å². The highest BCUT2D eigenvalue weighted by atomic mass is 19.4. The lowest BCUT2D eigenvalue weighted by molar-refractivity contribution is -0.275. The zero-order valence-corrected chi connectivity index (χ0v) is 7.91. The summed E-state index contributed by atoms with van der Waals surface area (Å²) in [4.78, 5) is 14.0. The number of rotatable bonds is 3. The first-order valence-electron chi connectivity index (χ1n) is 4.07. The van der Waals surface area contributed by atoms with E-state index in [2.05, 4.69) is 9.72 Å². The van der Waals surface area contributed by atoms with Gasteiger partial charge in [0.25, 0.3) is 0 Å². The van der Waals surface area contributed by atoms with Crippen LogP contribution in [0.15, 0.2) is 6.07 Å². The van der Waals surface area contributed by atoms with Gasteiger partial charge < -0.3 is 16.2 Å². The number of pyridine rings is 1. The number of nitrogens with zero attached hydrogens (tertiary/aromatic N) is 1. The molecule has 0 bridgehead atoms. The number of nitrogen functional groups attached to an aromatic ring is 1. The summed E-state index contributed by atoms with van der Waals surface area (Å²) in [7, 11) is 0.